The lowest BCUT2D eigenvalue weighted by Gasteiger charge is -2.57. The van der Waals surface area contributed by atoms with Gasteiger partial charge in [0.05, 0.1) is 0 Å². The van der Waals surface area contributed by atoms with E-state index in [1.807, 2.05) is 0 Å². The van der Waals surface area contributed by atoms with Crippen LogP contribution in [0.3, 0.4) is 0 Å². The Morgan fingerprint density at radius 2 is 1.57 bits per heavy atom. The molecule has 1 saturated carbocycles. The quantitative estimate of drug-likeness (QED) is 0.428. The largest absolute Gasteiger partial charge is 0.544 e. The van der Waals surface area contributed by atoms with Gasteiger partial charge in [-0.1, -0.05) is 40.7 Å². The zero-order valence-corrected chi connectivity index (χ0v) is 23.5. The van der Waals surface area contributed by atoms with Gasteiger partial charge < -0.3 is 8.85 Å². The Labute approximate surface area is 188 Å². The van der Waals surface area contributed by atoms with Crippen molar-refractivity contribution in [3.8, 4) is 5.75 Å². The average Bonchev–Trinajstić information content (AvgIpc) is 2.50. The molecule has 0 aromatic heterocycles. The lowest BCUT2D eigenvalue weighted by atomic mass is 9.49. The normalized spacial score (nSPS) is 28.8. The van der Waals surface area contributed by atoms with Crippen LogP contribution in [0.1, 0.15) is 76.5 Å². The van der Waals surface area contributed by atoms with Gasteiger partial charge >= 0.3 is 0 Å². The van der Waals surface area contributed by atoms with Crippen LogP contribution < -0.4 is 4.43 Å². The second-order valence-electron chi connectivity index (χ2n) is 13.2. The maximum Gasteiger partial charge on any atom is 0.242 e. The van der Waals surface area contributed by atoms with Gasteiger partial charge in [0.15, 0.2) is 8.32 Å². The minimum Gasteiger partial charge on any atom is -0.544 e. The summed E-state index contributed by atoms with van der Waals surface area (Å²) < 4.78 is 13.4. The van der Waals surface area contributed by atoms with Gasteiger partial charge in [0, 0.05) is 6.10 Å². The maximum atomic E-state index is 6.73. The van der Waals surface area contributed by atoms with E-state index in [1.54, 1.807) is 11.1 Å². The van der Waals surface area contributed by atoms with Crippen molar-refractivity contribution in [3.63, 3.8) is 0 Å². The van der Waals surface area contributed by atoms with Gasteiger partial charge in [-0.3, -0.25) is 0 Å². The summed E-state index contributed by atoms with van der Waals surface area (Å²) in [6.07, 6.45) is 5.19. The Morgan fingerprint density at radius 1 is 0.933 bits per heavy atom. The number of hydrogen-bond acceptors (Lipinski definition) is 2. The van der Waals surface area contributed by atoms with Crippen LogP contribution >= 0.6 is 0 Å². The maximum absolute atomic E-state index is 6.73. The van der Waals surface area contributed by atoms with Crippen LogP contribution in [0.4, 0.5) is 0 Å². The molecule has 0 N–H and O–H groups in total. The van der Waals surface area contributed by atoms with E-state index in [2.05, 4.69) is 86.0 Å². The van der Waals surface area contributed by atoms with Gasteiger partial charge in [-0.25, -0.2) is 0 Å². The highest BCUT2D eigenvalue weighted by Crippen LogP contribution is 2.58. The molecule has 30 heavy (non-hydrogen) atoms. The number of benzene rings is 1. The van der Waals surface area contributed by atoms with Crippen LogP contribution in [0, 0.1) is 11.3 Å². The van der Waals surface area contributed by atoms with Crippen molar-refractivity contribution in [2.75, 3.05) is 0 Å². The van der Waals surface area contributed by atoms with Crippen molar-refractivity contribution >= 4 is 16.6 Å². The zero-order chi connectivity index (χ0) is 22.7. The van der Waals surface area contributed by atoms with Gasteiger partial charge in [0.1, 0.15) is 5.75 Å². The smallest absolute Gasteiger partial charge is 0.242 e. The molecule has 2 nitrogen and oxygen atoms in total. The molecule has 2 aliphatic rings. The van der Waals surface area contributed by atoms with E-state index < -0.39 is 16.6 Å². The lowest BCUT2D eigenvalue weighted by molar-refractivity contribution is -0.0309. The van der Waals surface area contributed by atoms with Crippen molar-refractivity contribution in [2.24, 2.45) is 11.3 Å². The van der Waals surface area contributed by atoms with Gasteiger partial charge in [0.2, 0.25) is 8.32 Å². The Kier molecular flexibility index (Phi) is 6.23. The summed E-state index contributed by atoms with van der Waals surface area (Å²) in [6.45, 7) is 26.0. The number of aryl methyl sites for hydroxylation is 1. The van der Waals surface area contributed by atoms with Crippen molar-refractivity contribution in [2.45, 2.75) is 117 Å². The second kappa shape index (κ2) is 7.77. The van der Waals surface area contributed by atoms with Crippen LogP contribution in [0.25, 0.3) is 0 Å². The minimum atomic E-state index is -1.68. The number of rotatable bonds is 5. The predicted molar refractivity (Wildman–Crippen MR) is 135 cm³/mol. The van der Waals surface area contributed by atoms with Crippen molar-refractivity contribution < 1.29 is 8.85 Å². The standard InChI is InChI=1S/C26H46O2Si2/c1-18(2)21-14-19-12-13-24-25(3,4)16-20(27-29(6,7)8)17-26(24,5)22(19)15-23(21)28-30(9,10)11/h14-15,18,20,24H,12-13,16-17H2,1-11H3. The Morgan fingerprint density at radius 3 is 2.10 bits per heavy atom. The summed E-state index contributed by atoms with van der Waals surface area (Å²) in [5.41, 5.74) is 4.96. The summed E-state index contributed by atoms with van der Waals surface area (Å²) in [4.78, 5) is 0. The predicted octanol–water partition coefficient (Wildman–Crippen LogP) is 7.88. The van der Waals surface area contributed by atoms with Crippen molar-refractivity contribution in [3.05, 3.63) is 28.8 Å². The van der Waals surface area contributed by atoms with Gasteiger partial charge in [-0.2, -0.15) is 0 Å². The van der Waals surface area contributed by atoms with E-state index in [0.717, 1.165) is 12.2 Å². The molecule has 1 aromatic rings. The molecule has 0 aliphatic heterocycles. The third kappa shape index (κ3) is 4.91. The summed E-state index contributed by atoms with van der Waals surface area (Å²) in [6, 6.07) is 4.95. The molecule has 3 atom stereocenters. The van der Waals surface area contributed by atoms with E-state index in [9.17, 15) is 0 Å². The molecular formula is C26H46O2Si2. The SMILES string of the molecule is CC(C)c1cc2c(cc1O[Si](C)(C)C)C1(C)CC(O[Si](C)(C)C)CC(C)(C)C1CC2. The fourth-order valence-corrected chi connectivity index (χ4v) is 8.42. The minimum absolute atomic E-state index is 0.159. The molecule has 2 aliphatic carbocycles. The Balaban J connectivity index is 2.11. The average molecular weight is 447 g/mol. The summed E-state index contributed by atoms with van der Waals surface area (Å²) in [5, 5.41) is 0. The number of fused-ring (bicyclic) bond motifs is 3. The highest BCUT2D eigenvalue weighted by Gasteiger charge is 2.53. The van der Waals surface area contributed by atoms with Gasteiger partial charge in [0.25, 0.3) is 0 Å². The molecule has 4 heteroatoms. The fourth-order valence-electron chi connectivity index (χ4n) is 6.42. The highest BCUT2D eigenvalue weighted by molar-refractivity contribution is 6.70. The Hall–Kier alpha value is -0.586. The van der Waals surface area contributed by atoms with Crippen LogP contribution in [0.15, 0.2) is 12.1 Å². The molecule has 0 saturated heterocycles. The topological polar surface area (TPSA) is 18.5 Å². The summed E-state index contributed by atoms with van der Waals surface area (Å²) in [5.74, 6) is 2.33. The fraction of sp³-hybridized carbons (Fsp3) is 0.769. The van der Waals surface area contributed by atoms with E-state index in [-0.39, 0.29) is 5.41 Å². The molecule has 0 amide bonds. The van der Waals surface area contributed by atoms with E-state index in [4.69, 9.17) is 8.85 Å². The first-order chi connectivity index (χ1) is 13.5. The van der Waals surface area contributed by atoms with E-state index >= 15 is 0 Å². The third-order valence-electron chi connectivity index (χ3n) is 7.23. The van der Waals surface area contributed by atoms with Gasteiger partial charge in [-0.15, -0.1) is 0 Å². The molecule has 170 valence electrons. The highest BCUT2D eigenvalue weighted by atomic mass is 28.4. The molecule has 1 fully saturated rings. The molecule has 0 bridgehead atoms. The van der Waals surface area contributed by atoms with Crippen LogP contribution in [-0.4, -0.2) is 22.7 Å². The molecule has 1 aromatic carbocycles. The van der Waals surface area contributed by atoms with Crippen LogP contribution in [0.5, 0.6) is 5.75 Å². The van der Waals surface area contributed by atoms with E-state index in [0.29, 0.717) is 23.4 Å². The zero-order valence-electron chi connectivity index (χ0n) is 21.5. The van der Waals surface area contributed by atoms with Crippen LogP contribution in [0.2, 0.25) is 39.3 Å². The summed E-state index contributed by atoms with van der Waals surface area (Å²) >= 11 is 0. The lowest BCUT2D eigenvalue weighted by Crippen LogP contribution is -2.54. The third-order valence-corrected chi connectivity index (χ3v) is 9.10. The molecule has 3 unspecified atom stereocenters. The second-order valence-corrected chi connectivity index (χ2v) is 22.1. The molecule has 3 rings (SSSR count). The first-order valence-electron chi connectivity index (χ1n) is 12.1. The first kappa shape index (κ1) is 24.1. The van der Waals surface area contributed by atoms with E-state index in [1.165, 1.54) is 24.8 Å². The van der Waals surface area contributed by atoms with Crippen LogP contribution in [-0.2, 0) is 16.3 Å². The Bertz CT molecular complexity index is 785. The first-order valence-corrected chi connectivity index (χ1v) is 18.9. The summed E-state index contributed by atoms with van der Waals surface area (Å²) in [7, 11) is -3.25. The van der Waals surface area contributed by atoms with Crippen molar-refractivity contribution in [1.82, 2.24) is 0 Å². The number of hydrogen-bond donors (Lipinski definition) is 0. The molecular weight excluding hydrogens is 400 g/mol. The molecule has 0 radical (unpaired) electrons. The van der Waals surface area contributed by atoms with Gasteiger partial charge in [-0.05, 0) is 110 Å². The molecule has 0 heterocycles. The monoisotopic (exact) mass is 446 g/mol. The molecule has 0 spiro atoms. The van der Waals surface area contributed by atoms with Crippen molar-refractivity contribution in [1.29, 1.82) is 0 Å².